The molecule has 94 valence electrons. The van der Waals surface area contributed by atoms with Crippen molar-refractivity contribution >= 4 is 23.1 Å². The Labute approximate surface area is 108 Å². The minimum Gasteiger partial charge on any atom is -0.476 e. The first-order valence-electron chi connectivity index (χ1n) is 5.37. The van der Waals surface area contributed by atoms with Crippen molar-refractivity contribution in [2.45, 2.75) is 13.3 Å². The molecule has 2 rings (SSSR count). The van der Waals surface area contributed by atoms with Crippen LogP contribution in [0, 0.1) is 6.92 Å². The second-order valence-corrected chi connectivity index (χ2v) is 4.71. The number of hydrogen-bond donors (Lipinski definition) is 2. The van der Waals surface area contributed by atoms with Crippen molar-refractivity contribution in [1.29, 1.82) is 0 Å². The van der Waals surface area contributed by atoms with E-state index in [9.17, 15) is 4.79 Å². The van der Waals surface area contributed by atoms with Gasteiger partial charge in [0.05, 0.1) is 10.7 Å². The van der Waals surface area contributed by atoms with Crippen molar-refractivity contribution < 1.29 is 9.90 Å². The van der Waals surface area contributed by atoms with Crippen LogP contribution in [0.3, 0.4) is 0 Å². The van der Waals surface area contributed by atoms with Gasteiger partial charge in [0.15, 0.2) is 5.69 Å². The Bertz CT molecular complexity index is 538. The van der Waals surface area contributed by atoms with E-state index in [2.05, 4.69) is 20.5 Å². The summed E-state index contributed by atoms with van der Waals surface area (Å²) in [7, 11) is 0. The van der Waals surface area contributed by atoms with Crippen molar-refractivity contribution in [2.24, 2.45) is 0 Å². The molecule has 2 heterocycles. The number of anilines is 1. The molecule has 2 aromatic rings. The first-order valence-corrected chi connectivity index (χ1v) is 6.25. The molecule has 2 aromatic heterocycles. The van der Waals surface area contributed by atoms with E-state index in [1.54, 1.807) is 17.4 Å². The summed E-state index contributed by atoms with van der Waals surface area (Å²) in [6.45, 7) is 2.65. The van der Waals surface area contributed by atoms with E-state index in [0.717, 1.165) is 17.1 Å². The SMILES string of the molecule is Cc1nc(CCNc2ccc(C(=O)O)nn2)cs1. The Morgan fingerprint density at radius 1 is 1.44 bits per heavy atom. The van der Waals surface area contributed by atoms with Gasteiger partial charge in [-0.1, -0.05) is 0 Å². The number of rotatable bonds is 5. The normalized spacial score (nSPS) is 10.3. The molecule has 0 atom stereocenters. The quantitative estimate of drug-likeness (QED) is 0.852. The van der Waals surface area contributed by atoms with Gasteiger partial charge in [0.1, 0.15) is 5.82 Å². The largest absolute Gasteiger partial charge is 0.476 e. The lowest BCUT2D eigenvalue weighted by Gasteiger charge is -2.03. The number of carboxylic acid groups (broad SMARTS) is 1. The Kier molecular flexibility index (Phi) is 3.83. The number of aryl methyl sites for hydroxylation is 1. The van der Waals surface area contributed by atoms with E-state index in [1.807, 2.05) is 12.3 Å². The molecule has 0 bridgehead atoms. The van der Waals surface area contributed by atoms with Gasteiger partial charge in [-0.25, -0.2) is 9.78 Å². The topological polar surface area (TPSA) is 88.0 Å². The van der Waals surface area contributed by atoms with Crippen molar-refractivity contribution in [3.8, 4) is 0 Å². The van der Waals surface area contributed by atoms with Gasteiger partial charge in [0, 0.05) is 18.3 Å². The lowest BCUT2D eigenvalue weighted by molar-refractivity contribution is 0.0689. The van der Waals surface area contributed by atoms with Gasteiger partial charge in [-0.3, -0.25) is 0 Å². The molecule has 0 aromatic carbocycles. The standard InChI is InChI=1S/C11H12N4O2S/c1-7-13-8(6-18-7)4-5-12-10-3-2-9(11(16)17)14-15-10/h2-3,6H,4-5H2,1H3,(H,12,15)(H,16,17). The maximum absolute atomic E-state index is 10.6. The number of carboxylic acids is 1. The number of thiazole rings is 1. The van der Waals surface area contributed by atoms with Crippen LogP contribution >= 0.6 is 11.3 Å². The van der Waals surface area contributed by atoms with Gasteiger partial charge >= 0.3 is 5.97 Å². The third-order valence-electron chi connectivity index (χ3n) is 2.24. The van der Waals surface area contributed by atoms with Crippen LogP contribution in [0.2, 0.25) is 0 Å². The minimum atomic E-state index is -1.08. The predicted molar refractivity (Wildman–Crippen MR) is 68.0 cm³/mol. The summed E-state index contributed by atoms with van der Waals surface area (Å²) in [4.78, 5) is 14.9. The Hall–Kier alpha value is -2.02. The van der Waals surface area contributed by atoms with Crippen molar-refractivity contribution in [2.75, 3.05) is 11.9 Å². The summed E-state index contributed by atoms with van der Waals surface area (Å²) in [5.41, 5.74) is 0.982. The van der Waals surface area contributed by atoms with Crippen LogP contribution in [0.25, 0.3) is 0 Å². The Balaban J connectivity index is 1.85. The molecule has 6 nitrogen and oxygen atoms in total. The van der Waals surface area contributed by atoms with E-state index in [4.69, 9.17) is 5.11 Å². The van der Waals surface area contributed by atoms with Crippen LogP contribution in [0.5, 0.6) is 0 Å². The maximum atomic E-state index is 10.6. The molecular weight excluding hydrogens is 252 g/mol. The molecule has 0 amide bonds. The minimum absolute atomic E-state index is 0.0596. The van der Waals surface area contributed by atoms with Crippen molar-refractivity contribution in [3.05, 3.63) is 33.9 Å². The number of aromatic carboxylic acids is 1. The van der Waals surface area contributed by atoms with Crippen LogP contribution in [0.15, 0.2) is 17.5 Å². The number of hydrogen-bond acceptors (Lipinski definition) is 6. The highest BCUT2D eigenvalue weighted by molar-refractivity contribution is 7.09. The number of carbonyl (C=O) groups is 1. The molecule has 0 aliphatic rings. The Morgan fingerprint density at radius 2 is 2.28 bits per heavy atom. The first-order chi connectivity index (χ1) is 8.65. The average Bonchev–Trinajstić information content (AvgIpc) is 2.76. The van der Waals surface area contributed by atoms with Gasteiger partial charge in [-0.05, 0) is 19.1 Å². The van der Waals surface area contributed by atoms with Crippen LogP contribution in [-0.4, -0.2) is 32.8 Å². The number of nitrogens with zero attached hydrogens (tertiary/aromatic N) is 3. The highest BCUT2D eigenvalue weighted by atomic mass is 32.1. The second kappa shape index (κ2) is 5.54. The fourth-order valence-corrected chi connectivity index (χ4v) is 2.03. The van der Waals surface area contributed by atoms with E-state index in [1.165, 1.54) is 6.07 Å². The van der Waals surface area contributed by atoms with Crippen LogP contribution in [0.4, 0.5) is 5.82 Å². The monoisotopic (exact) mass is 264 g/mol. The summed E-state index contributed by atoms with van der Waals surface area (Å²) in [6, 6.07) is 3.02. The zero-order valence-electron chi connectivity index (χ0n) is 9.75. The maximum Gasteiger partial charge on any atom is 0.356 e. The molecule has 0 fully saturated rings. The first kappa shape index (κ1) is 12.4. The van der Waals surface area contributed by atoms with Crippen molar-refractivity contribution in [3.63, 3.8) is 0 Å². The van der Waals surface area contributed by atoms with Gasteiger partial charge < -0.3 is 10.4 Å². The highest BCUT2D eigenvalue weighted by Gasteiger charge is 2.04. The lowest BCUT2D eigenvalue weighted by atomic mass is 10.3. The fraction of sp³-hybridized carbons (Fsp3) is 0.273. The molecule has 0 spiro atoms. The summed E-state index contributed by atoms with van der Waals surface area (Å²) < 4.78 is 0. The van der Waals surface area contributed by atoms with E-state index < -0.39 is 5.97 Å². The molecule has 0 aliphatic carbocycles. The van der Waals surface area contributed by atoms with E-state index in [0.29, 0.717) is 12.4 Å². The lowest BCUT2D eigenvalue weighted by Crippen LogP contribution is -2.09. The smallest absolute Gasteiger partial charge is 0.356 e. The van der Waals surface area contributed by atoms with E-state index in [-0.39, 0.29) is 5.69 Å². The zero-order chi connectivity index (χ0) is 13.0. The molecule has 18 heavy (non-hydrogen) atoms. The van der Waals surface area contributed by atoms with Gasteiger partial charge in [-0.15, -0.1) is 21.5 Å². The molecule has 7 heteroatoms. The van der Waals surface area contributed by atoms with Crippen LogP contribution in [-0.2, 0) is 6.42 Å². The van der Waals surface area contributed by atoms with E-state index >= 15 is 0 Å². The average molecular weight is 264 g/mol. The molecule has 0 saturated heterocycles. The van der Waals surface area contributed by atoms with Gasteiger partial charge in [-0.2, -0.15) is 0 Å². The summed E-state index contributed by atoms with van der Waals surface area (Å²) in [5.74, 6) is -0.515. The van der Waals surface area contributed by atoms with Gasteiger partial charge in [0.2, 0.25) is 0 Å². The highest BCUT2D eigenvalue weighted by Crippen LogP contribution is 2.09. The number of nitrogens with one attached hydrogen (secondary N) is 1. The summed E-state index contributed by atoms with van der Waals surface area (Å²) in [6.07, 6.45) is 0.798. The molecule has 0 unspecified atom stereocenters. The summed E-state index contributed by atoms with van der Waals surface area (Å²) >= 11 is 1.62. The summed E-state index contributed by atoms with van der Waals surface area (Å²) in [5, 5.41) is 22.2. The molecular formula is C11H12N4O2S. The Morgan fingerprint density at radius 3 is 2.83 bits per heavy atom. The molecule has 0 aliphatic heterocycles. The fourth-order valence-electron chi connectivity index (χ4n) is 1.38. The molecule has 0 radical (unpaired) electrons. The zero-order valence-corrected chi connectivity index (χ0v) is 10.6. The predicted octanol–water partition coefficient (Wildman–Crippen LogP) is 1.59. The van der Waals surface area contributed by atoms with Crippen LogP contribution in [0.1, 0.15) is 21.2 Å². The van der Waals surface area contributed by atoms with Crippen molar-refractivity contribution in [1.82, 2.24) is 15.2 Å². The molecule has 2 N–H and O–H groups in total. The third kappa shape index (κ3) is 3.24. The van der Waals surface area contributed by atoms with Gasteiger partial charge in [0.25, 0.3) is 0 Å². The third-order valence-corrected chi connectivity index (χ3v) is 3.06. The van der Waals surface area contributed by atoms with Crippen LogP contribution < -0.4 is 5.32 Å². The second-order valence-electron chi connectivity index (χ2n) is 3.64. The molecule has 0 saturated carbocycles. The number of aromatic nitrogens is 3.